The highest BCUT2D eigenvalue weighted by Gasteiger charge is 2.20. The molecule has 27 heavy (non-hydrogen) atoms. The first-order valence-electron chi connectivity index (χ1n) is 8.38. The molecule has 0 saturated carbocycles. The standard InChI is InChI=1S/C21H13ClN2O2S/c1-11-14-8-6-12-4-2-3-5-15(12)19(14)26-18(11)20(25)24-21-23-16-9-7-13(22)10-17(16)27-21/h2-10H,1H3,(H,23,24,25). The van der Waals surface area contributed by atoms with Gasteiger partial charge in [0.25, 0.3) is 5.91 Å². The molecule has 0 atom stereocenters. The topological polar surface area (TPSA) is 55.1 Å². The quantitative estimate of drug-likeness (QED) is 0.377. The van der Waals surface area contributed by atoms with Gasteiger partial charge in [0.15, 0.2) is 10.9 Å². The molecule has 0 bridgehead atoms. The minimum atomic E-state index is -0.307. The van der Waals surface area contributed by atoms with Crippen molar-refractivity contribution < 1.29 is 9.21 Å². The maximum Gasteiger partial charge on any atom is 0.293 e. The fourth-order valence-electron chi connectivity index (χ4n) is 3.27. The van der Waals surface area contributed by atoms with Gasteiger partial charge in [0.05, 0.1) is 10.2 Å². The Morgan fingerprint density at radius 3 is 2.85 bits per heavy atom. The number of furan rings is 1. The maximum atomic E-state index is 12.8. The van der Waals surface area contributed by atoms with Crippen molar-refractivity contribution in [1.82, 2.24) is 4.98 Å². The molecule has 0 saturated heterocycles. The highest BCUT2D eigenvalue weighted by molar-refractivity contribution is 7.22. The fraction of sp³-hybridized carbons (Fsp3) is 0.0476. The SMILES string of the molecule is Cc1c(C(=O)Nc2nc3ccc(Cl)cc3s2)oc2c1ccc1ccccc12. The van der Waals surface area contributed by atoms with Crippen LogP contribution in [0.3, 0.4) is 0 Å². The molecule has 0 aliphatic rings. The van der Waals surface area contributed by atoms with Gasteiger partial charge in [0, 0.05) is 21.4 Å². The Hall–Kier alpha value is -2.89. The van der Waals surface area contributed by atoms with Crippen molar-refractivity contribution in [3.8, 4) is 0 Å². The minimum absolute atomic E-state index is 0.304. The number of hydrogen-bond acceptors (Lipinski definition) is 4. The Kier molecular flexibility index (Phi) is 3.67. The number of hydrogen-bond donors (Lipinski definition) is 1. The van der Waals surface area contributed by atoms with E-state index in [2.05, 4.69) is 10.3 Å². The molecule has 2 aromatic heterocycles. The number of thiazole rings is 1. The summed E-state index contributed by atoms with van der Waals surface area (Å²) in [5.74, 6) is -0.00317. The summed E-state index contributed by atoms with van der Waals surface area (Å²) in [5.41, 5.74) is 2.34. The van der Waals surface area contributed by atoms with E-state index in [0.29, 0.717) is 15.9 Å². The first-order chi connectivity index (χ1) is 13.1. The lowest BCUT2D eigenvalue weighted by molar-refractivity contribution is 0.0998. The molecule has 0 fully saturated rings. The number of nitrogens with one attached hydrogen (secondary N) is 1. The number of fused-ring (bicyclic) bond motifs is 4. The molecule has 0 aliphatic carbocycles. The van der Waals surface area contributed by atoms with Crippen molar-refractivity contribution in [2.45, 2.75) is 6.92 Å². The van der Waals surface area contributed by atoms with E-state index in [4.69, 9.17) is 16.0 Å². The Morgan fingerprint density at radius 1 is 1.11 bits per heavy atom. The largest absolute Gasteiger partial charge is 0.450 e. The number of anilines is 1. The van der Waals surface area contributed by atoms with Crippen molar-refractivity contribution in [2.24, 2.45) is 0 Å². The lowest BCUT2D eigenvalue weighted by Gasteiger charge is -1.98. The van der Waals surface area contributed by atoms with Gasteiger partial charge in [-0.3, -0.25) is 10.1 Å². The van der Waals surface area contributed by atoms with E-state index in [1.165, 1.54) is 11.3 Å². The number of benzene rings is 3. The van der Waals surface area contributed by atoms with Crippen molar-refractivity contribution in [2.75, 3.05) is 5.32 Å². The normalized spacial score (nSPS) is 11.5. The van der Waals surface area contributed by atoms with Gasteiger partial charge in [-0.1, -0.05) is 59.3 Å². The summed E-state index contributed by atoms with van der Waals surface area (Å²) >= 11 is 7.40. The minimum Gasteiger partial charge on any atom is -0.450 e. The molecule has 2 heterocycles. The summed E-state index contributed by atoms with van der Waals surface area (Å²) in [6, 6.07) is 17.5. The fourth-order valence-corrected chi connectivity index (χ4v) is 4.41. The molecule has 0 spiro atoms. The molecule has 6 heteroatoms. The molecule has 3 aromatic carbocycles. The van der Waals surface area contributed by atoms with E-state index in [0.717, 1.165) is 37.5 Å². The van der Waals surface area contributed by atoms with Crippen molar-refractivity contribution >= 4 is 65.9 Å². The third-order valence-electron chi connectivity index (χ3n) is 4.61. The molecule has 1 N–H and O–H groups in total. The van der Waals surface area contributed by atoms with E-state index in [1.54, 1.807) is 6.07 Å². The molecule has 0 aliphatic heterocycles. The smallest absolute Gasteiger partial charge is 0.293 e. The average Bonchev–Trinajstić information content (AvgIpc) is 3.22. The van der Waals surface area contributed by atoms with Crippen LogP contribution in [0.2, 0.25) is 5.02 Å². The number of amides is 1. The molecular formula is C21H13ClN2O2S. The maximum absolute atomic E-state index is 12.8. The van der Waals surface area contributed by atoms with Gasteiger partial charge in [0.2, 0.25) is 0 Å². The van der Waals surface area contributed by atoms with Crippen LogP contribution in [0.15, 0.2) is 59.0 Å². The lowest BCUT2D eigenvalue weighted by atomic mass is 10.1. The van der Waals surface area contributed by atoms with Gasteiger partial charge < -0.3 is 4.42 Å². The van der Waals surface area contributed by atoms with Crippen LogP contribution in [0.5, 0.6) is 0 Å². The van der Waals surface area contributed by atoms with Crippen molar-refractivity contribution in [3.05, 3.63) is 70.9 Å². The molecule has 132 valence electrons. The molecule has 5 aromatic rings. The number of aromatic nitrogens is 1. The summed E-state index contributed by atoms with van der Waals surface area (Å²) in [6.07, 6.45) is 0. The Labute approximate surface area is 163 Å². The second kappa shape index (κ2) is 6.08. The summed E-state index contributed by atoms with van der Waals surface area (Å²) in [4.78, 5) is 17.3. The molecule has 1 amide bonds. The van der Waals surface area contributed by atoms with E-state index in [9.17, 15) is 4.79 Å². The van der Waals surface area contributed by atoms with E-state index in [1.807, 2.05) is 55.5 Å². The van der Waals surface area contributed by atoms with Crippen LogP contribution in [0, 0.1) is 6.92 Å². The zero-order valence-electron chi connectivity index (χ0n) is 14.2. The van der Waals surface area contributed by atoms with Crippen LogP contribution in [0.25, 0.3) is 32.0 Å². The summed E-state index contributed by atoms with van der Waals surface area (Å²) < 4.78 is 6.90. The highest BCUT2D eigenvalue weighted by Crippen LogP contribution is 2.33. The van der Waals surface area contributed by atoms with E-state index < -0.39 is 0 Å². The molecular weight excluding hydrogens is 380 g/mol. The number of halogens is 1. The van der Waals surface area contributed by atoms with Gasteiger partial charge >= 0.3 is 0 Å². The molecule has 5 rings (SSSR count). The van der Waals surface area contributed by atoms with Gasteiger partial charge in [-0.25, -0.2) is 4.98 Å². The van der Waals surface area contributed by atoms with E-state index in [-0.39, 0.29) is 5.91 Å². The van der Waals surface area contributed by atoms with E-state index >= 15 is 0 Å². The summed E-state index contributed by atoms with van der Waals surface area (Å²) in [6.45, 7) is 1.90. The van der Waals surface area contributed by atoms with Crippen LogP contribution < -0.4 is 5.32 Å². The van der Waals surface area contributed by atoms with Crippen molar-refractivity contribution in [1.29, 1.82) is 0 Å². The summed E-state index contributed by atoms with van der Waals surface area (Å²) in [5, 5.41) is 7.02. The molecule has 4 nitrogen and oxygen atoms in total. The second-order valence-electron chi connectivity index (χ2n) is 6.30. The van der Waals surface area contributed by atoms with Crippen LogP contribution in [-0.4, -0.2) is 10.9 Å². The van der Waals surface area contributed by atoms with Gasteiger partial charge in [-0.05, 0) is 30.5 Å². The molecule has 0 unspecified atom stereocenters. The number of rotatable bonds is 2. The number of carbonyl (C=O) groups excluding carboxylic acids is 1. The van der Waals surface area contributed by atoms with Crippen LogP contribution in [0.4, 0.5) is 5.13 Å². The predicted octanol–water partition coefficient (Wildman–Crippen LogP) is 6.41. The average molecular weight is 393 g/mol. The Balaban J connectivity index is 1.56. The van der Waals surface area contributed by atoms with Crippen LogP contribution in [-0.2, 0) is 0 Å². The van der Waals surface area contributed by atoms with Gasteiger partial charge in [0.1, 0.15) is 5.58 Å². The second-order valence-corrected chi connectivity index (χ2v) is 7.77. The first kappa shape index (κ1) is 16.3. The number of aryl methyl sites for hydroxylation is 1. The number of nitrogens with zero attached hydrogens (tertiary/aromatic N) is 1. The van der Waals surface area contributed by atoms with Crippen LogP contribution >= 0.6 is 22.9 Å². The summed E-state index contributed by atoms with van der Waals surface area (Å²) in [7, 11) is 0. The highest BCUT2D eigenvalue weighted by atomic mass is 35.5. The Morgan fingerprint density at radius 2 is 1.96 bits per heavy atom. The lowest BCUT2D eigenvalue weighted by Crippen LogP contribution is -2.11. The van der Waals surface area contributed by atoms with Crippen LogP contribution in [0.1, 0.15) is 16.1 Å². The predicted molar refractivity (Wildman–Crippen MR) is 111 cm³/mol. The zero-order chi connectivity index (χ0) is 18.5. The first-order valence-corrected chi connectivity index (χ1v) is 9.58. The van der Waals surface area contributed by atoms with Crippen molar-refractivity contribution in [3.63, 3.8) is 0 Å². The third-order valence-corrected chi connectivity index (χ3v) is 5.77. The Bertz CT molecular complexity index is 1350. The van der Waals surface area contributed by atoms with Gasteiger partial charge in [-0.2, -0.15) is 0 Å². The molecule has 0 radical (unpaired) electrons. The van der Waals surface area contributed by atoms with Gasteiger partial charge in [-0.15, -0.1) is 0 Å². The third kappa shape index (κ3) is 2.67. The zero-order valence-corrected chi connectivity index (χ0v) is 15.8. The number of carbonyl (C=O) groups is 1. The monoisotopic (exact) mass is 392 g/mol.